The van der Waals surface area contributed by atoms with Crippen molar-refractivity contribution >= 4 is 29.0 Å². The monoisotopic (exact) mass is 198 g/mol. The Hall–Kier alpha value is -0.970. The lowest BCUT2D eigenvalue weighted by Crippen LogP contribution is -2.46. The molecule has 1 aliphatic carbocycles. The van der Waals surface area contributed by atoms with E-state index in [0.717, 1.165) is 6.42 Å². The molecule has 3 unspecified atom stereocenters. The van der Waals surface area contributed by atoms with Crippen molar-refractivity contribution < 1.29 is 9.59 Å². The van der Waals surface area contributed by atoms with Gasteiger partial charge in [0.15, 0.2) is 0 Å². The van der Waals surface area contributed by atoms with Crippen LogP contribution in [0.5, 0.6) is 0 Å². The van der Waals surface area contributed by atoms with Crippen LogP contribution in [0.4, 0.5) is 0 Å². The maximum absolute atomic E-state index is 11.5. The van der Waals surface area contributed by atoms with E-state index in [9.17, 15) is 9.59 Å². The summed E-state index contributed by atoms with van der Waals surface area (Å²) in [6.07, 6.45) is 0.720. The minimum Gasteiger partial charge on any atom is -0.392 e. The van der Waals surface area contributed by atoms with Crippen LogP contribution in [0.15, 0.2) is 0 Å². The van der Waals surface area contributed by atoms with Gasteiger partial charge in [0.1, 0.15) is 0 Å². The number of piperidine rings is 1. The van der Waals surface area contributed by atoms with E-state index in [1.54, 1.807) is 6.92 Å². The molecule has 0 aromatic heterocycles. The zero-order chi connectivity index (χ0) is 9.75. The van der Waals surface area contributed by atoms with Crippen molar-refractivity contribution in [2.45, 2.75) is 19.4 Å². The van der Waals surface area contributed by atoms with Gasteiger partial charge in [-0.15, -0.1) is 0 Å². The van der Waals surface area contributed by atoms with E-state index in [4.69, 9.17) is 18.0 Å². The summed E-state index contributed by atoms with van der Waals surface area (Å²) in [4.78, 5) is 24.4. The molecule has 2 fully saturated rings. The van der Waals surface area contributed by atoms with Gasteiger partial charge in [0.25, 0.3) is 0 Å². The lowest BCUT2D eigenvalue weighted by Gasteiger charge is -2.22. The molecule has 0 bridgehead atoms. The molecule has 1 saturated carbocycles. The number of likely N-dealkylation sites (tertiary alicyclic amines) is 1. The second-order valence-electron chi connectivity index (χ2n) is 3.57. The van der Waals surface area contributed by atoms with Gasteiger partial charge in [-0.2, -0.15) is 0 Å². The second-order valence-corrected chi connectivity index (χ2v) is 4.04. The van der Waals surface area contributed by atoms with Crippen LogP contribution in [0.1, 0.15) is 13.3 Å². The van der Waals surface area contributed by atoms with Gasteiger partial charge in [-0.1, -0.05) is 12.2 Å². The number of carbonyl (C=O) groups excluding carboxylic acids is 2. The van der Waals surface area contributed by atoms with Gasteiger partial charge in [0.2, 0.25) is 11.8 Å². The number of hydrogen-bond acceptors (Lipinski definition) is 3. The lowest BCUT2D eigenvalue weighted by molar-refractivity contribution is -0.142. The second kappa shape index (κ2) is 2.51. The summed E-state index contributed by atoms with van der Waals surface area (Å²) in [5.74, 6) is -0.334. The van der Waals surface area contributed by atoms with E-state index in [1.165, 1.54) is 4.90 Å². The van der Waals surface area contributed by atoms with Crippen LogP contribution in [-0.2, 0) is 9.59 Å². The highest BCUT2D eigenvalue weighted by Crippen LogP contribution is 2.47. The van der Waals surface area contributed by atoms with Gasteiger partial charge in [-0.05, 0) is 13.3 Å². The standard InChI is InChI=1S/C8H10N2O2S/c1-3(6(9)13)10-7(11)4-2-5(4)8(10)12/h3-5H,2H2,1H3,(H2,9,13). The number of thiocarbonyl (C=S) groups is 1. The molecule has 1 aliphatic heterocycles. The first-order chi connectivity index (χ1) is 6.04. The van der Waals surface area contributed by atoms with E-state index in [-0.39, 0.29) is 28.6 Å². The zero-order valence-electron chi connectivity index (χ0n) is 7.19. The first-order valence-electron chi connectivity index (χ1n) is 4.20. The third-order valence-electron chi connectivity index (χ3n) is 2.70. The van der Waals surface area contributed by atoms with Crippen molar-refractivity contribution in [3.8, 4) is 0 Å². The molecule has 3 atom stereocenters. The van der Waals surface area contributed by atoms with Crippen molar-refractivity contribution in [1.29, 1.82) is 0 Å². The van der Waals surface area contributed by atoms with Gasteiger partial charge < -0.3 is 5.73 Å². The van der Waals surface area contributed by atoms with Crippen LogP contribution in [0.25, 0.3) is 0 Å². The fourth-order valence-electron chi connectivity index (χ4n) is 1.72. The van der Waals surface area contributed by atoms with E-state index in [1.807, 2.05) is 0 Å². The highest BCUT2D eigenvalue weighted by atomic mass is 32.1. The highest BCUT2D eigenvalue weighted by Gasteiger charge is 2.60. The van der Waals surface area contributed by atoms with Crippen molar-refractivity contribution in [2.75, 3.05) is 0 Å². The van der Waals surface area contributed by atoms with Gasteiger partial charge in [0, 0.05) is 0 Å². The molecule has 13 heavy (non-hydrogen) atoms. The molecule has 5 heteroatoms. The summed E-state index contributed by atoms with van der Waals surface area (Å²) >= 11 is 4.75. The molecule has 0 aromatic carbocycles. The first kappa shape index (κ1) is 8.62. The predicted octanol–water partition coefficient (Wildman–Crippen LogP) is -0.334. The molecule has 70 valence electrons. The fraction of sp³-hybridized carbons (Fsp3) is 0.625. The molecule has 0 spiro atoms. The summed E-state index contributed by atoms with van der Waals surface area (Å²) < 4.78 is 0. The Morgan fingerprint density at radius 3 is 2.38 bits per heavy atom. The Kier molecular flexibility index (Phi) is 1.66. The quantitative estimate of drug-likeness (QED) is 0.487. The topological polar surface area (TPSA) is 63.4 Å². The first-order valence-corrected chi connectivity index (χ1v) is 4.61. The van der Waals surface area contributed by atoms with Crippen LogP contribution in [0.2, 0.25) is 0 Å². The Balaban J connectivity index is 2.21. The molecule has 2 rings (SSSR count). The van der Waals surface area contributed by atoms with Crippen LogP contribution in [0, 0.1) is 11.8 Å². The van der Waals surface area contributed by atoms with Crippen LogP contribution >= 0.6 is 12.2 Å². The molecule has 0 aromatic rings. The number of hydrogen-bond donors (Lipinski definition) is 1. The molecular formula is C8H10N2O2S. The normalized spacial score (nSPS) is 33.2. The van der Waals surface area contributed by atoms with Gasteiger partial charge in [-0.3, -0.25) is 14.5 Å². The SMILES string of the molecule is CC(C(N)=S)N1C(=O)C2CC2C1=O. The minimum atomic E-state index is -0.428. The van der Waals surface area contributed by atoms with Crippen LogP contribution < -0.4 is 5.73 Å². The maximum atomic E-state index is 11.5. The van der Waals surface area contributed by atoms with E-state index in [0.29, 0.717) is 0 Å². The van der Waals surface area contributed by atoms with Gasteiger partial charge >= 0.3 is 0 Å². The van der Waals surface area contributed by atoms with Crippen molar-refractivity contribution in [2.24, 2.45) is 17.6 Å². The smallest absolute Gasteiger partial charge is 0.233 e. The Labute approximate surface area is 81.1 Å². The van der Waals surface area contributed by atoms with Crippen LogP contribution in [0.3, 0.4) is 0 Å². The summed E-state index contributed by atoms with van der Waals surface area (Å²) in [5, 5.41) is 0. The molecule has 4 nitrogen and oxygen atoms in total. The summed E-state index contributed by atoms with van der Waals surface area (Å²) in [7, 11) is 0. The number of carbonyl (C=O) groups is 2. The Bertz CT molecular complexity index is 295. The molecule has 1 saturated heterocycles. The third-order valence-corrected chi connectivity index (χ3v) is 3.04. The number of nitrogens with zero attached hydrogens (tertiary/aromatic N) is 1. The molecule has 2 N–H and O–H groups in total. The highest BCUT2D eigenvalue weighted by molar-refractivity contribution is 7.80. The number of rotatable bonds is 2. The van der Waals surface area contributed by atoms with E-state index >= 15 is 0 Å². The molecule has 2 aliphatic rings. The van der Waals surface area contributed by atoms with E-state index < -0.39 is 6.04 Å². The largest absolute Gasteiger partial charge is 0.392 e. The molecule has 0 radical (unpaired) electrons. The predicted molar refractivity (Wildman–Crippen MR) is 49.7 cm³/mol. The Morgan fingerprint density at radius 2 is 2.00 bits per heavy atom. The average Bonchev–Trinajstić information content (AvgIpc) is 2.77. The maximum Gasteiger partial charge on any atom is 0.233 e. The third kappa shape index (κ3) is 1.07. The van der Waals surface area contributed by atoms with Crippen LogP contribution in [-0.4, -0.2) is 27.7 Å². The van der Waals surface area contributed by atoms with Crippen molar-refractivity contribution in [3.05, 3.63) is 0 Å². The van der Waals surface area contributed by atoms with Gasteiger partial charge in [-0.25, -0.2) is 0 Å². The summed E-state index contributed by atoms with van der Waals surface area (Å²) in [5.41, 5.74) is 5.39. The lowest BCUT2D eigenvalue weighted by atomic mass is 10.2. The zero-order valence-corrected chi connectivity index (χ0v) is 8.00. The van der Waals surface area contributed by atoms with Crippen molar-refractivity contribution in [3.63, 3.8) is 0 Å². The summed E-state index contributed by atoms with van der Waals surface area (Å²) in [6, 6.07) is -0.428. The molecule has 1 heterocycles. The molecular weight excluding hydrogens is 188 g/mol. The van der Waals surface area contributed by atoms with E-state index in [2.05, 4.69) is 0 Å². The number of fused-ring (bicyclic) bond motifs is 1. The Morgan fingerprint density at radius 1 is 1.54 bits per heavy atom. The minimum absolute atomic E-state index is 0.0655. The summed E-state index contributed by atoms with van der Waals surface area (Å²) in [6.45, 7) is 1.68. The molecule has 2 amide bonds. The fourth-order valence-corrected chi connectivity index (χ4v) is 1.82. The van der Waals surface area contributed by atoms with Gasteiger partial charge in [0.05, 0.1) is 22.9 Å². The van der Waals surface area contributed by atoms with Crippen molar-refractivity contribution in [1.82, 2.24) is 4.90 Å². The number of nitrogens with two attached hydrogens (primary N) is 1. The number of imide groups is 1. The average molecular weight is 198 g/mol. The number of amides is 2.